The van der Waals surface area contributed by atoms with Gasteiger partial charge in [0.1, 0.15) is 5.69 Å². The van der Waals surface area contributed by atoms with E-state index >= 15 is 0 Å². The average molecular weight is 391 g/mol. The number of carboxylic acid groups (broad SMARTS) is 1. The number of carbonyl (C=O) groups excluding carboxylic acids is 1. The molecule has 29 heavy (non-hydrogen) atoms. The summed E-state index contributed by atoms with van der Waals surface area (Å²) in [4.78, 5) is 24.2. The number of rotatable bonds is 7. The van der Waals surface area contributed by atoms with Gasteiger partial charge >= 0.3 is 5.97 Å². The van der Waals surface area contributed by atoms with Gasteiger partial charge in [0.25, 0.3) is 5.91 Å². The number of carbonyl (C=O) groups is 2. The minimum Gasteiger partial charge on any atom is -0.481 e. The van der Waals surface area contributed by atoms with Crippen LogP contribution < -0.4 is 5.32 Å². The van der Waals surface area contributed by atoms with E-state index in [-0.39, 0.29) is 12.5 Å². The van der Waals surface area contributed by atoms with Gasteiger partial charge < -0.3 is 10.4 Å². The lowest BCUT2D eigenvalue weighted by Gasteiger charge is -2.14. The fourth-order valence-electron chi connectivity index (χ4n) is 4.03. The Hall–Kier alpha value is -3.15. The number of fused-ring (bicyclic) bond motifs is 1. The van der Waals surface area contributed by atoms with Crippen LogP contribution in [0.15, 0.2) is 54.7 Å². The number of carboxylic acids is 1. The van der Waals surface area contributed by atoms with Gasteiger partial charge in [-0.25, -0.2) is 0 Å². The van der Waals surface area contributed by atoms with Crippen molar-refractivity contribution in [3.8, 4) is 0 Å². The summed E-state index contributed by atoms with van der Waals surface area (Å²) in [5, 5.41) is 18.9. The first kappa shape index (κ1) is 19.2. The van der Waals surface area contributed by atoms with Crippen LogP contribution in [0.3, 0.4) is 0 Å². The molecule has 1 aromatic heterocycles. The van der Waals surface area contributed by atoms with Gasteiger partial charge in [0.2, 0.25) is 0 Å². The van der Waals surface area contributed by atoms with Gasteiger partial charge in [-0.15, -0.1) is 0 Å². The number of nitrogens with zero attached hydrogens (tertiary/aromatic N) is 2. The molecule has 6 heteroatoms. The minimum atomic E-state index is -0.921. The summed E-state index contributed by atoms with van der Waals surface area (Å²) in [6.45, 7) is 0.0667. The molecule has 0 radical (unpaired) electrons. The Kier molecular flexibility index (Phi) is 5.60. The van der Waals surface area contributed by atoms with Crippen molar-refractivity contribution in [3.05, 3.63) is 66.0 Å². The molecular weight excluding hydrogens is 366 g/mol. The summed E-state index contributed by atoms with van der Waals surface area (Å²) in [7, 11) is 0. The van der Waals surface area contributed by atoms with Gasteiger partial charge in [-0.05, 0) is 41.7 Å². The minimum absolute atomic E-state index is 0.0667. The fraction of sp³-hybridized carbons (Fsp3) is 0.348. The summed E-state index contributed by atoms with van der Waals surface area (Å²) in [5.41, 5.74) is 1.28. The first-order valence-electron chi connectivity index (χ1n) is 10.1. The molecule has 150 valence electrons. The summed E-state index contributed by atoms with van der Waals surface area (Å²) in [5.74, 6) is -1.95. The summed E-state index contributed by atoms with van der Waals surface area (Å²) < 4.78 is 1.87. The van der Waals surface area contributed by atoms with E-state index in [2.05, 4.69) is 10.4 Å². The molecule has 0 saturated heterocycles. The zero-order valence-corrected chi connectivity index (χ0v) is 16.3. The van der Waals surface area contributed by atoms with Crippen molar-refractivity contribution < 1.29 is 14.7 Å². The third kappa shape index (κ3) is 4.47. The topological polar surface area (TPSA) is 84.2 Å². The molecule has 0 spiro atoms. The van der Waals surface area contributed by atoms with Crippen LogP contribution in [0.2, 0.25) is 0 Å². The lowest BCUT2D eigenvalue weighted by atomic mass is 9.97. The Balaban J connectivity index is 1.39. The second-order valence-electron chi connectivity index (χ2n) is 7.75. The number of aromatic nitrogens is 2. The maximum Gasteiger partial charge on any atom is 0.308 e. The highest BCUT2D eigenvalue weighted by Gasteiger charge is 2.22. The highest BCUT2D eigenvalue weighted by Crippen LogP contribution is 2.28. The van der Waals surface area contributed by atoms with Crippen molar-refractivity contribution >= 4 is 22.6 Å². The SMILES string of the molecule is O=C(NCC(Cc1ccc2ccccc2c1)C(=O)O)c1ccn(C2CCCC2)n1. The number of hydrogen-bond acceptors (Lipinski definition) is 3. The van der Waals surface area contributed by atoms with E-state index in [4.69, 9.17) is 0 Å². The van der Waals surface area contributed by atoms with Gasteiger partial charge in [-0.2, -0.15) is 5.10 Å². The maximum atomic E-state index is 12.4. The molecule has 1 aliphatic rings. The third-order valence-corrected chi connectivity index (χ3v) is 5.69. The second-order valence-corrected chi connectivity index (χ2v) is 7.75. The molecule has 1 heterocycles. The fourth-order valence-corrected chi connectivity index (χ4v) is 4.03. The Labute approximate surface area is 169 Å². The molecule has 1 unspecified atom stereocenters. The lowest BCUT2D eigenvalue weighted by molar-refractivity contribution is -0.141. The number of hydrogen-bond donors (Lipinski definition) is 2. The van der Waals surface area contributed by atoms with E-state index in [1.54, 1.807) is 6.07 Å². The van der Waals surface area contributed by atoms with Crippen molar-refractivity contribution in [2.24, 2.45) is 5.92 Å². The van der Waals surface area contributed by atoms with E-state index in [9.17, 15) is 14.7 Å². The van der Waals surface area contributed by atoms with Crippen LogP contribution in [0.25, 0.3) is 10.8 Å². The maximum absolute atomic E-state index is 12.4. The zero-order valence-electron chi connectivity index (χ0n) is 16.3. The van der Waals surface area contributed by atoms with Crippen molar-refractivity contribution in [2.45, 2.75) is 38.1 Å². The number of benzene rings is 2. The molecule has 0 bridgehead atoms. The first-order valence-corrected chi connectivity index (χ1v) is 10.1. The third-order valence-electron chi connectivity index (χ3n) is 5.69. The smallest absolute Gasteiger partial charge is 0.308 e. The van der Waals surface area contributed by atoms with Crippen molar-refractivity contribution in [2.75, 3.05) is 6.54 Å². The van der Waals surface area contributed by atoms with E-state index in [1.807, 2.05) is 53.3 Å². The molecule has 4 rings (SSSR count). The van der Waals surface area contributed by atoms with E-state index in [0.717, 1.165) is 29.2 Å². The number of nitrogens with one attached hydrogen (secondary N) is 1. The molecule has 1 atom stereocenters. The van der Waals surface area contributed by atoms with Crippen LogP contribution in [0.4, 0.5) is 0 Å². The van der Waals surface area contributed by atoms with Gasteiger partial charge in [-0.3, -0.25) is 14.3 Å². The van der Waals surface area contributed by atoms with Crippen LogP contribution in [0.1, 0.15) is 47.8 Å². The standard InChI is InChI=1S/C23H25N3O3/c27-22(21-11-12-26(25-21)20-7-3-4-8-20)24-15-19(23(28)29)14-16-9-10-17-5-1-2-6-18(17)13-16/h1-2,5-6,9-13,19-20H,3-4,7-8,14-15H2,(H,24,27)(H,28,29). The van der Waals surface area contributed by atoms with Crippen LogP contribution in [0, 0.1) is 5.92 Å². The molecule has 1 amide bonds. The van der Waals surface area contributed by atoms with Crippen LogP contribution in [-0.2, 0) is 11.2 Å². The van der Waals surface area contributed by atoms with E-state index < -0.39 is 11.9 Å². The van der Waals surface area contributed by atoms with Crippen molar-refractivity contribution in [3.63, 3.8) is 0 Å². The molecule has 1 saturated carbocycles. The van der Waals surface area contributed by atoms with E-state index in [0.29, 0.717) is 18.2 Å². The predicted molar refractivity (Wildman–Crippen MR) is 111 cm³/mol. The summed E-state index contributed by atoms with van der Waals surface area (Å²) in [6.07, 6.45) is 6.78. The summed E-state index contributed by atoms with van der Waals surface area (Å²) >= 11 is 0. The van der Waals surface area contributed by atoms with E-state index in [1.165, 1.54) is 12.8 Å². The average Bonchev–Trinajstić information content (AvgIpc) is 3.42. The first-order chi connectivity index (χ1) is 14.1. The number of amides is 1. The molecule has 2 N–H and O–H groups in total. The Bertz CT molecular complexity index is 1020. The Morgan fingerprint density at radius 3 is 2.62 bits per heavy atom. The normalized spacial score (nSPS) is 15.4. The predicted octanol–water partition coefficient (Wildman–Crippen LogP) is 3.82. The van der Waals surface area contributed by atoms with Gasteiger partial charge in [0, 0.05) is 12.7 Å². The monoisotopic (exact) mass is 391 g/mol. The second kappa shape index (κ2) is 8.47. The highest BCUT2D eigenvalue weighted by atomic mass is 16.4. The lowest BCUT2D eigenvalue weighted by Crippen LogP contribution is -2.34. The van der Waals surface area contributed by atoms with Gasteiger partial charge in [-0.1, -0.05) is 55.3 Å². The quantitative estimate of drug-likeness (QED) is 0.641. The Morgan fingerprint density at radius 2 is 1.86 bits per heavy atom. The molecule has 2 aromatic carbocycles. The van der Waals surface area contributed by atoms with Crippen molar-refractivity contribution in [1.82, 2.24) is 15.1 Å². The molecule has 3 aromatic rings. The van der Waals surface area contributed by atoms with Gasteiger partial charge in [0.15, 0.2) is 0 Å². The van der Waals surface area contributed by atoms with Crippen LogP contribution in [0.5, 0.6) is 0 Å². The molecule has 1 aliphatic carbocycles. The summed E-state index contributed by atoms with van der Waals surface area (Å²) in [6, 6.07) is 16.0. The van der Waals surface area contributed by atoms with Crippen molar-refractivity contribution in [1.29, 1.82) is 0 Å². The molecule has 0 aliphatic heterocycles. The zero-order chi connectivity index (χ0) is 20.2. The van der Waals surface area contributed by atoms with Crippen LogP contribution in [-0.4, -0.2) is 33.3 Å². The van der Waals surface area contributed by atoms with Crippen LogP contribution >= 0.6 is 0 Å². The molecular formula is C23H25N3O3. The molecule has 1 fully saturated rings. The van der Waals surface area contributed by atoms with Gasteiger partial charge in [0.05, 0.1) is 12.0 Å². The Morgan fingerprint density at radius 1 is 1.10 bits per heavy atom. The largest absolute Gasteiger partial charge is 0.481 e. The molecule has 6 nitrogen and oxygen atoms in total. The highest BCUT2D eigenvalue weighted by molar-refractivity contribution is 5.92. The number of aliphatic carboxylic acids is 1.